The van der Waals surface area contributed by atoms with Crippen LogP contribution in [0.1, 0.15) is 31.4 Å². The van der Waals surface area contributed by atoms with Gasteiger partial charge in [0.25, 0.3) is 5.56 Å². The molecule has 0 fully saturated rings. The van der Waals surface area contributed by atoms with Crippen molar-refractivity contribution in [3.05, 3.63) is 45.7 Å². The molecule has 3 N–H and O–H groups in total. The second kappa shape index (κ2) is 7.81. The van der Waals surface area contributed by atoms with Crippen molar-refractivity contribution in [3.8, 4) is 0 Å². The Hall–Kier alpha value is -2.30. The van der Waals surface area contributed by atoms with Crippen LogP contribution < -0.4 is 16.2 Å². The van der Waals surface area contributed by atoms with E-state index in [-0.39, 0.29) is 11.6 Å². The number of aromatic amines is 1. The lowest BCUT2D eigenvalue weighted by molar-refractivity contribution is 0.240. The van der Waals surface area contributed by atoms with Gasteiger partial charge in [-0.2, -0.15) is 0 Å². The zero-order valence-electron chi connectivity index (χ0n) is 14.0. The van der Waals surface area contributed by atoms with Gasteiger partial charge in [-0.3, -0.25) is 4.79 Å². The molecule has 0 saturated heterocycles. The van der Waals surface area contributed by atoms with Crippen LogP contribution in [0.2, 0.25) is 0 Å². The lowest BCUT2D eigenvalue weighted by Crippen LogP contribution is -2.37. The Balaban J connectivity index is 1.90. The van der Waals surface area contributed by atoms with Gasteiger partial charge in [0.05, 0.1) is 0 Å². The molecule has 5 nitrogen and oxygen atoms in total. The monoisotopic (exact) mass is 315 g/mol. The Morgan fingerprint density at radius 2 is 1.91 bits per heavy atom. The maximum Gasteiger partial charge on any atom is 0.314 e. The Bertz CT molecular complexity index is 735. The molecule has 0 aliphatic carbocycles. The van der Waals surface area contributed by atoms with Gasteiger partial charge in [-0.25, -0.2) is 4.79 Å². The summed E-state index contributed by atoms with van der Waals surface area (Å²) in [4.78, 5) is 26.6. The number of urea groups is 1. The van der Waals surface area contributed by atoms with E-state index in [1.54, 1.807) is 0 Å². The topological polar surface area (TPSA) is 74.0 Å². The minimum Gasteiger partial charge on any atom is -0.338 e. The van der Waals surface area contributed by atoms with Crippen LogP contribution in [0.15, 0.2) is 29.1 Å². The summed E-state index contributed by atoms with van der Waals surface area (Å²) in [6.07, 6.45) is 1.47. The molecular weight excluding hydrogens is 290 g/mol. The predicted molar refractivity (Wildman–Crippen MR) is 93.9 cm³/mol. The van der Waals surface area contributed by atoms with Gasteiger partial charge in [-0.15, -0.1) is 0 Å². The number of amides is 2. The van der Waals surface area contributed by atoms with Crippen molar-refractivity contribution in [1.29, 1.82) is 0 Å². The first-order valence-corrected chi connectivity index (χ1v) is 8.10. The second-order valence-electron chi connectivity index (χ2n) is 6.33. The fourth-order valence-corrected chi connectivity index (χ4v) is 2.40. The minimum atomic E-state index is -0.182. The van der Waals surface area contributed by atoms with Crippen LogP contribution in [0.25, 0.3) is 10.9 Å². The average Bonchev–Trinajstić information content (AvgIpc) is 2.48. The van der Waals surface area contributed by atoms with Crippen LogP contribution in [0.3, 0.4) is 0 Å². The normalized spacial score (nSPS) is 11.0. The number of carbonyl (C=O) groups is 1. The van der Waals surface area contributed by atoms with Crippen molar-refractivity contribution < 1.29 is 4.79 Å². The summed E-state index contributed by atoms with van der Waals surface area (Å²) in [6.45, 7) is 7.36. The van der Waals surface area contributed by atoms with Crippen LogP contribution >= 0.6 is 0 Å². The molecule has 5 heteroatoms. The average molecular weight is 315 g/mol. The van der Waals surface area contributed by atoms with E-state index in [4.69, 9.17) is 0 Å². The van der Waals surface area contributed by atoms with E-state index in [1.165, 1.54) is 0 Å². The van der Waals surface area contributed by atoms with Crippen molar-refractivity contribution in [1.82, 2.24) is 15.6 Å². The molecule has 0 aliphatic heterocycles. The fraction of sp³-hybridized carbons (Fsp3) is 0.444. The van der Waals surface area contributed by atoms with Gasteiger partial charge in [0.15, 0.2) is 0 Å². The van der Waals surface area contributed by atoms with Crippen LogP contribution in [-0.2, 0) is 6.42 Å². The standard InChI is InChI=1S/C18H25N3O2/c1-12(2)6-8-19-18(23)20-9-7-14-11-15-10-13(3)4-5-16(15)21-17(14)22/h4-5,10-12H,6-9H2,1-3H3,(H,21,22)(H2,19,20,23). The number of pyridine rings is 1. The molecule has 124 valence electrons. The third-order valence-corrected chi connectivity index (χ3v) is 3.76. The number of nitrogens with one attached hydrogen (secondary N) is 3. The molecule has 2 rings (SSSR count). The lowest BCUT2D eigenvalue weighted by Gasteiger charge is -2.09. The molecule has 0 bridgehead atoms. The Labute approximate surface area is 136 Å². The molecule has 0 radical (unpaired) electrons. The molecule has 0 unspecified atom stereocenters. The third-order valence-electron chi connectivity index (χ3n) is 3.76. The quantitative estimate of drug-likeness (QED) is 0.767. The van der Waals surface area contributed by atoms with Crippen molar-refractivity contribution in [2.75, 3.05) is 13.1 Å². The number of fused-ring (bicyclic) bond motifs is 1. The second-order valence-corrected chi connectivity index (χ2v) is 6.33. The number of carbonyl (C=O) groups excluding carboxylic acids is 1. The van der Waals surface area contributed by atoms with Crippen molar-refractivity contribution in [3.63, 3.8) is 0 Å². The first-order valence-electron chi connectivity index (χ1n) is 8.10. The van der Waals surface area contributed by atoms with Gasteiger partial charge in [-0.05, 0) is 49.3 Å². The van der Waals surface area contributed by atoms with E-state index in [9.17, 15) is 9.59 Å². The summed E-state index contributed by atoms with van der Waals surface area (Å²) >= 11 is 0. The van der Waals surface area contributed by atoms with Crippen LogP contribution in [0.4, 0.5) is 4.79 Å². The number of hydrogen-bond acceptors (Lipinski definition) is 2. The van der Waals surface area contributed by atoms with Crippen LogP contribution in [-0.4, -0.2) is 24.1 Å². The van der Waals surface area contributed by atoms with E-state index in [2.05, 4.69) is 29.5 Å². The molecule has 2 amide bonds. The highest BCUT2D eigenvalue weighted by molar-refractivity contribution is 5.79. The molecule has 23 heavy (non-hydrogen) atoms. The van der Waals surface area contributed by atoms with Gasteiger partial charge < -0.3 is 15.6 Å². The maximum atomic E-state index is 12.1. The molecular formula is C18H25N3O2. The molecule has 0 atom stereocenters. The Morgan fingerprint density at radius 1 is 1.17 bits per heavy atom. The number of benzene rings is 1. The summed E-state index contributed by atoms with van der Waals surface area (Å²) < 4.78 is 0. The van der Waals surface area contributed by atoms with Crippen molar-refractivity contribution in [2.45, 2.75) is 33.6 Å². The first kappa shape index (κ1) is 17.1. The molecule has 1 aromatic heterocycles. The highest BCUT2D eigenvalue weighted by Crippen LogP contribution is 2.13. The number of hydrogen-bond donors (Lipinski definition) is 3. The fourth-order valence-electron chi connectivity index (χ4n) is 2.40. The van der Waals surface area contributed by atoms with Gasteiger partial charge in [0.2, 0.25) is 0 Å². The van der Waals surface area contributed by atoms with E-state index in [0.717, 1.165) is 22.9 Å². The Kier molecular flexibility index (Phi) is 5.79. The largest absolute Gasteiger partial charge is 0.338 e. The van der Waals surface area contributed by atoms with E-state index >= 15 is 0 Å². The SMILES string of the molecule is Cc1ccc2[nH]c(=O)c(CCNC(=O)NCCC(C)C)cc2c1. The summed E-state index contributed by atoms with van der Waals surface area (Å²) in [5.41, 5.74) is 2.58. The van der Waals surface area contributed by atoms with Gasteiger partial charge >= 0.3 is 6.03 Å². The van der Waals surface area contributed by atoms with Gasteiger partial charge in [-0.1, -0.05) is 25.5 Å². The number of rotatable bonds is 6. The molecule has 2 aromatic rings. The van der Waals surface area contributed by atoms with Gasteiger partial charge in [0.1, 0.15) is 0 Å². The predicted octanol–water partition coefficient (Wildman–Crippen LogP) is 2.72. The summed E-state index contributed by atoms with van der Waals surface area (Å²) in [6, 6.07) is 7.65. The Morgan fingerprint density at radius 3 is 2.65 bits per heavy atom. The third kappa shape index (κ3) is 5.13. The summed E-state index contributed by atoms with van der Waals surface area (Å²) in [7, 11) is 0. The van der Waals surface area contributed by atoms with E-state index in [1.807, 2.05) is 31.2 Å². The first-order chi connectivity index (χ1) is 11.0. The zero-order valence-corrected chi connectivity index (χ0v) is 14.0. The van der Waals surface area contributed by atoms with E-state index in [0.29, 0.717) is 31.0 Å². The molecule has 0 aliphatic rings. The molecule has 0 saturated carbocycles. The van der Waals surface area contributed by atoms with E-state index < -0.39 is 0 Å². The maximum absolute atomic E-state index is 12.1. The molecule has 1 heterocycles. The number of aryl methyl sites for hydroxylation is 1. The lowest BCUT2D eigenvalue weighted by atomic mass is 10.1. The molecule has 1 aromatic carbocycles. The minimum absolute atomic E-state index is 0.0941. The van der Waals surface area contributed by atoms with Crippen LogP contribution in [0, 0.1) is 12.8 Å². The summed E-state index contributed by atoms with van der Waals surface area (Å²) in [5, 5.41) is 6.62. The molecule has 0 spiro atoms. The van der Waals surface area contributed by atoms with Crippen LogP contribution in [0.5, 0.6) is 0 Å². The highest BCUT2D eigenvalue weighted by Gasteiger charge is 2.05. The van der Waals surface area contributed by atoms with Gasteiger partial charge in [0, 0.05) is 24.2 Å². The smallest absolute Gasteiger partial charge is 0.314 e. The van der Waals surface area contributed by atoms with Crippen molar-refractivity contribution in [2.24, 2.45) is 5.92 Å². The highest BCUT2D eigenvalue weighted by atomic mass is 16.2. The zero-order chi connectivity index (χ0) is 16.8. The number of aromatic nitrogens is 1. The van der Waals surface area contributed by atoms with Crippen molar-refractivity contribution >= 4 is 16.9 Å². The summed E-state index contributed by atoms with van der Waals surface area (Å²) in [5.74, 6) is 0.565. The number of H-pyrrole nitrogens is 1.